The Morgan fingerprint density at radius 1 is 1.37 bits per heavy atom. The van der Waals surface area contributed by atoms with E-state index in [0.717, 1.165) is 20.1 Å². The quantitative estimate of drug-likeness (QED) is 0.701. The third-order valence-electron chi connectivity index (χ3n) is 2.31. The number of aromatic nitrogens is 3. The minimum absolute atomic E-state index is 0.853. The van der Waals surface area contributed by atoms with Gasteiger partial charge in [0.15, 0.2) is 3.92 Å². The number of nitrogens with zero attached hydrogens (tertiary/aromatic N) is 3. The molecular weight excluding hydrogens is 342 g/mol. The maximum absolute atomic E-state index is 4.52. The van der Waals surface area contributed by atoms with Gasteiger partial charge in [0, 0.05) is 0 Å². The molecule has 0 aliphatic rings. The molecule has 2 aromatic heterocycles. The van der Waals surface area contributed by atoms with E-state index in [2.05, 4.69) is 58.3 Å². The average Bonchev–Trinajstić information content (AvgIpc) is 2.94. The van der Waals surface area contributed by atoms with Gasteiger partial charge in [-0.15, -0.1) is 16.9 Å². The Morgan fingerprint density at radius 2 is 2.05 bits per heavy atom. The predicted octanol–water partition coefficient (Wildman–Crippen LogP) is 5.25. The smallest absolute Gasteiger partial charge is 0.213 e. The van der Waals surface area contributed by atoms with Crippen molar-refractivity contribution >= 4 is 49.6 Å². The molecule has 2 aromatic rings. The van der Waals surface area contributed by atoms with Gasteiger partial charge in [-0.05, 0) is 46.5 Å². The Balaban J connectivity index is 0.000000861. The molecule has 2 rings (SSSR count). The third-order valence-corrected chi connectivity index (χ3v) is 4.45. The summed E-state index contributed by atoms with van der Waals surface area (Å²) in [5, 5.41) is 4.27. The third kappa shape index (κ3) is 4.47. The minimum Gasteiger partial charge on any atom is -0.218 e. The Labute approximate surface area is 130 Å². The first-order valence-corrected chi connectivity index (χ1v) is 8.85. The van der Waals surface area contributed by atoms with Gasteiger partial charge in [-0.3, -0.25) is 0 Å². The highest BCUT2D eigenvalue weighted by molar-refractivity contribution is 9.11. The number of allylic oxidation sites excluding steroid dienone is 4. The second-order valence-corrected chi connectivity index (χ2v) is 6.82. The molecule has 0 unspecified atom stereocenters. The second-order valence-electron chi connectivity index (χ2n) is 3.54. The first-order chi connectivity index (χ1) is 9.10. The van der Waals surface area contributed by atoms with Crippen LogP contribution in [-0.2, 0) is 0 Å². The van der Waals surface area contributed by atoms with E-state index < -0.39 is 0 Å². The zero-order valence-electron chi connectivity index (χ0n) is 11.8. The molecule has 0 atom stereocenters. The number of halogens is 1. The zero-order valence-corrected chi connectivity index (χ0v) is 15.0. The summed E-state index contributed by atoms with van der Waals surface area (Å²) < 4.78 is 2.65. The lowest BCUT2D eigenvalue weighted by Crippen LogP contribution is -1.80. The molecule has 0 N–H and O–H groups in total. The van der Waals surface area contributed by atoms with Crippen LogP contribution in [0.2, 0.25) is 0 Å². The Bertz CT molecular complexity index is 565. The molecule has 0 aliphatic carbocycles. The fraction of sp³-hybridized carbons (Fsp3) is 0.385. The maximum Gasteiger partial charge on any atom is 0.213 e. The van der Waals surface area contributed by atoms with Gasteiger partial charge < -0.3 is 0 Å². The molecular formula is C13H18BrN3S2. The van der Waals surface area contributed by atoms with Gasteiger partial charge in [-0.25, -0.2) is 9.50 Å². The van der Waals surface area contributed by atoms with Crippen molar-refractivity contribution in [3.8, 4) is 0 Å². The number of fused-ring (bicyclic) bond motifs is 1. The van der Waals surface area contributed by atoms with Crippen molar-refractivity contribution in [3.05, 3.63) is 32.9 Å². The highest BCUT2D eigenvalue weighted by atomic mass is 79.9. The molecule has 3 nitrogen and oxygen atoms in total. The molecule has 0 saturated carbocycles. The van der Waals surface area contributed by atoms with Crippen molar-refractivity contribution in [2.45, 2.75) is 27.7 Å². The summed E-state index contributed by atoms with van der Waals surface area (Å²) in [6.07, 6.45) is 8.22. The van der Waals surface area contributed by atoms with E-state index in [4.69, 9.17) is 0 Å². The largest absolute Gasteiger partial charge is 0.218 e. The number of rotatable bonds is 3. The predicted molar refractivity (Wildman–Crippen MR) is 90.8 cm³/mol. The summed E-state index contributed by atoms with van der Waals surface area (Å²) in [7, 11) is 0. The standard InChI is InChI=1S/C11H12BrN3S2.C2H6/c1-7(4-5-8(2)16-3)9-6-15-11(13-9)17-10(12)14-15;1-2/h4-6H,1-3H3;1-2H3/b7-4+,8-5+;. The summed E-state index contributed by atoms with van der Waals surface area (Å²) in [5.41, 5.74) is 2.12. The second kappa shape index (κ2) is 7.87. The van der Waals surface area contributed by atoms with Crippen LogP contribution in [0, 0.1) is 0 Å². The van der Waals surface area contributed by atoms with Crippen molar-refractivity contribution in [2.24, 2.45) is 0 Å². The van der Waals surface area contributed by atoms with Crippen molar-refractivity contribution in [1.29, 1.82) is 0 Å². The molecule has 19 heavy (non-hydrogen) atoms. The van der Waals surface area contributed by atoms with Crippen LogP contribution in [-0.4, -0.2) is 20.9 Å². The fourth-order valence-corrected chi connectivity index (χ4v) is 2.68. The average molecular weight is 360 g/mol. The van der Waals surface area contributed by atoms with E-state index in [1.165, 1.54) is 16.2 Å². The molecule has 0 radical (unpaired) electrons. The van der Waals surface area contributed by atoms with Gasteiger partial charge in [-0.1, -0.05) is 37.3 Å². The van der Waals surface area contributed by atoms with Gasteiger partial charge in [0.2, 0.25) is 4.96 Å². The molecule has 0 amide bonds. The highest BCUT2D eigenvalue weighted by Crippen LogP contribution is 2.22. The lowest BCUT2D eigenvalue weighted by Gasteiger charge is -1.94. The number of hydrogen-bond donors (Lipinski definition) is 0. The number of hydrogen-bond acceptors (Lipinski definition) is 4. The molecule has 6 heteroatoms. The monoisotopic (exact) mass is 359 g/mol. The molecule has 0 aromatic carbocycles. The SMILES string of the molecule is CC.CS/C(C)=C/C=C(\C)c1cn2nc(Br)sc2n1. The topological polar surface area (TPSA) is 30.2 Å². The molecule has 0 fully saturated rings. The van der Waals surface area contributed by atoms with Gasteiger partial charge in [-0.2, -0.15) is 0 Å². The van der Waals surface area contributed by atoms with Crippen molar-refractivity contribution in [1.82, 2.24) is 14.6 Å². The summed E-state index contributed by atoms with van der Waals surface area (Å²) in [6.45, 7) is 8.16. The van der Waals surface area contributed by atoms with Gasteiger partial charge >= 0.3 is 0 Å². The van der Waals surface area contributed by atoms with Crippen LogP contribution in [0.4, 0.5) is 0 Å². The molecule has 0 saturated heterocycles. The molecule has 104 valence electrons. The summed E-state index contributed by atoms with van der Waals surface area (Å²) in [4.78, 5) is 6.71. The van der Waals surface area contributed by atoms with Crippen LogP contribution in [0.5, 0.6) is 0 Å². The van der Waals surface area contributed by atoms with Crippen LogP contribution in [0.1, 0.15) is 33.4 Å². The zero-order chi connectivity index (χ0) is 14.4. The Morgan fingerprint density at radius 3 is 2.63 bits per heavy atom. The van der Waals surface area contributed by atoms with Gasteiger partial charge in [0.25, 0.3) is 0 Å². The lowest BCUT2D eigenvalue weighted by molar-refractivity contribution is 0.958. The van der Waals surface area contributed by atoms with E-state index in [0.29, 0.717) is 0 Å². The summed E-state index contributed by atoms with van der Waals surface area (Å²) in [6, 6.07) is 0. The minimum atomic E-state index is 0.853. The van der Waals surface area contributed by atoms with Crippen molar-refractivity contribution in [2.75, 3.05) is 6.26 Å². The van der Waals surface area contributed by atoms with E-state index in [1.54, 1.807) is 16.3 Å². The van der Waals surface area contributed by atoms with E-state index in [1.807, 2.05) is 20.0 Å². The first kappa shape index (κ1) is 16.5. The van der Waals surface area contributed by atoms with Crippen LogP contribution in [0.25, 0.3) is 10.5 Å². The highest BCUT2D eigenvalue weighted by Gasteiger charge is 2.07. The van der Waals surface area contributed by atoms with Crippen molar-refractivity contribution < 1.29 is 0 Å². The first-order valence-electron chi connectivity index (χ1n) is 6.01. The molecule has 0 aliphatic heterocycles. The summed E-state index contributed by atoms with van der Waals surface area (Å²) in [5.74, 6) is 0. The number of imidazole rings is 1. The summed E-state index contributed by atoms with van der Waals surface area (Å²) >= 11 is 6.62. The van der Waals surface area contributed by atoms with Gasteiger partial charge in [0.05, 0.1) is 11.9 Å². The maximum atomic E-state index is 4.52. The van der Waals surface area contributed by atoms with Crippen LogP contribution < -0.4 is 0 Å². The van der Waals surface area contributed by atoms with Crippen LogP contribution >= 0.6 is 39.0 Å². The number of thioether (sulfide) groups is 1. The van der Waals surface area contributed by atoms with E-state index in [9.17, 15) is 0 Å². The van der Waals surface area contributed by atoms with E-state index in [-0.39, 0.29) is 0 Å². The van der Waals surface area contributed by atoms with Crippen molar-refractivity contribution in [3.63, 3.8) is 0 Å². The van der Waals surface area contributed by atoms with Crippen LogP contribution in [0.15, 0.2) is 27.2 Å². The van der Waals surface area contributed by atoms with Gasteiger partial charge in [0.1, 0.15) is 0 Å². The normalized spacial score (nSPS) is 12.5. The molecule has 0 bridgehead atoms. The van der Waals surface area contributed by atoms with Crippen LogP contribution in [0.3, 0.4) is 0 Å². The lowest BCUT2D eigenvalue weighted by atomic mass is 10.2. The van der Waals surface area contributed by atoms with E-state index >= 15 is 0 Å². The molecule has 0 spiro atoms. The molecule has 2 heterocycles. The fourth-order valence-electron chi connectivity index (χ4n) is 1.26. The Hall–Kier alpha value is -0.590. The Kier molecular flexibility index (Phi) is 6.82.